The number of halogens is 1. The summed E-state index contributed by atoms with van der Waals surface area (Å²) in [5.74, 6) is 0. The standard InChI is InChI=1S/C8H16N2OS.ClH/c1-7(6-8(9)12)10-2-4-11-5-3-10;/h7H,2-6H2,1H3,(H2,9,12);1H. The molecule has 0 aromatic carbocycles. The molecule has 0 amide bonds. The van der Waals surface area contributed by atoms with E-state index in [1.165, 1.54) is 0 Å². The van der Waals surface area contributed by atoms with Gasteiger partial charge in [0.1, 0.15) is 0 Å². The molecule has 1 unspecified atom stereocenters. The Morgan fingerprint density at radius 1 is 1.54 bits per heavy atom. The second-order valence-corrected chi connectivity index (χ2v) is 3.69. The van der Waals surface area contributed by atoms with Crippen molar-refractivity contribution in [2.24, 2.45) is 5.73 Å². The van der Waals surface area contributed by atoms with Gasteiger partial charge in [-0.15, -0.1) is 12.4 Å². The van der Waals surface area contributed by atoms with Crippen LogP contribution in [0, 0.1) is 0 Å². The number of thiocarbonyl (C=S) groups is 1. The smallest absolute Gasteiger partial charge is 0.0742 e. The molecule has 3 nitrogen and oxygen atoms in total. The van der Waals surface area contributed by atoms with Crippen molar-refractivity contribution >= 4 is 29.6 Å². The summed E-state index contributed by atoms with van der Waals surface area (Å²) >= 11 is 4.86. The molecule has 0 spiro atoms. The Balaban J connectivity index is 0.00000144. The van der Waals surface area contributed by atoms with E-state index < -0.39 is 0 Å². The number of morpholine rings is 1. The van der Waals surface area contributed by atoms with E-state index in [4.69, 9.17) is 22.7 Å². The van der Waals surface area contributed by atoms with E-state index in [0.29, 0.717) is 11.0 Å². The van der Waals surface area contributed by atoms with E-state index in [0.717, 1.165) is 32.7 Å². The minimum atomic E-state index is 0. The van der Waals surface area contributed by atoms with Gasteiger partial charge in [-0.1, -0.05) is 12.2 Å². The van der Waals surface area contributed by atoms with E-state index >= 15 is 0 Å². The Kier molecular flexibility index (Phi) is 6.59. The van der Waals surface area contributed by atoms with Crippen molar-refractivity contribution in [3.63, 3.8) is 0 Å². The van der Waals surface area contributed by atoms with Crippen molar-refractivity contribution in [2.75, 3.05) is 26.3 Å². The van der Waals surface area contributed by atoms with Crippen molar-refractivity contribution < 1.29 is 4.74 Å². The molecular weight excluding hydrogens is 208 g/mol. The molecule has 0 bridgehead atoms. The maximum Gasteiger partial charge on any atom is 0.0742 e. The molecule has 5 heteroatoms. The number of rotatable bonds is 3. The lowest BCUT2D eigenvalue weighted by Gasteiger charge is -2.31. The largest absolute Gasteiger partial charge is 0.393 e. The minimum absolute atomic E-state index is 0. The van der Waals surface area contributed by atoms with Gasteiger partial charge in [0.25, 0.3) is 0 Å². The molecule has 1 saturated heterocycles. The number of nitrogens with two attached hydrogens (primary N) is 1. The predicted molar refractivity (Wildman–Crippen MR) is 60.5 cm³/mol. The number of hydrogen-bond donors (Lipinski definition) is 1. The SMILES string of the molecule is CC(CC(N)=S)N1CCOCC1.Cl. The average Bonchev–Trinajstić information content (AvgIpc) is 2.05. The van der Waals surface area contributed by atoms with Crippen LogP contribution in [-0.4, -0.2) is 42.2 Å². The van der Waals surface area contributed by atoms with Crippen molar-refractivity contribution in [3.8, 4) is 0 Å². The molecule has 0 saturated carbocycles. The molecule has 1 heterocycles. The zero-order valence-corrected chi connectivity index (χ0v) is 9.50. The molecule has 0 aliphatic carbocycles. The quantitative estimate of drug-likeness (QED) is 0.720. The van der Waals surface area contributed by atoms with Gasteiger partial charge in [-0.3, -0.25) is 4.90 Å². The molecule has 1 aliphatic heterocycles. The average molecular weight is 225 g/mol. The highest BCUT2D eigenvalue weighted by Crippen LogP contribution is 2.06. The number of ether oxygens (including phenoxy) is 1. The second-order valence-electron chi connectivity index (χ2n) is 3.17. The monoisotopic (exact) mass is 224 g/mol. The molecule has 78 valence electrons. The van der Waals surface area contributed by atoms with Gasteiger partial charge in [0.2, 0.25) is 0 Å². The number of nitrogens with zero attached hydrogens (tertiary/aromatic N) is 1. The van der Waals surface area contributed by atoms with Crippen LogP contribution < -0.4 is 5.73 Å². The van der Waals surface area contributed by atoms with E-state index in [9.17, 15) is 0 Å². The topological polar surface area (TPSA) is 38.5 Å². The van der Waals surface area contributed by atoms with Gasteiger partial charge >= 0.3 is 0 Å². The zero-order chi connectivity index (χ0) is 8.97. The Morgan fingerprint density at radius 3 is 2.54 bits per heavy atom. The lowest BCUT2D eigenvalue weighted by molar-refractivity contribution is 0.0217. The van der Waals surface area contributed by atoms with Gasteiger partial charge in [-0.2, -0.15) is 0 Å². The summed E-state index contributed by atoms with van der Waals surface area (Å²) < 4.78 is 5.25. The highest BCUT2D eigenvalue weighted by atomic mass is 35.5. The fourth-order valence-electron chi connectivity index (χ4n) is 1.44. The van der Waals surface area contributed by atoms with Gasteiger partial charge in [0, 0.05) is 25.6 Å². The molecule has 0 aromatic rings. The first-order valence-electron chi connectivity index (χ1n) is 4.30. The molecule has 0 aromatic heterocycles. The van der Waals surface area contributed by atoms with Crippen molar-refractivity contribution in [1.29, 1.82) is 0 Å². The first kappa shape index (κ1) is 13.1. The minimum Gasteiger partial charge on any atom is -0.393 e. The van der Waals surface area contributed by atoms with Gasteiger partial charge in [-0.05, 0) is 6.92 Å². The molecule has 13 heavy (non-hydrogen) atoms. The molecular formula is C8H17ClN2OS. The third-order valence-electron chi connectivity index (χ3n) is 2.17. The van der Waals surface area contributed by atoms with Crippen LogP contribution >= 0.6 is 24.6 Å². The lowest BCUT2D eigenvalue weighted by atomic mass is 10.2. The van der Waals surface area contributed by atoms with Gasteiger partial charge < -0.3 is 10.5 Å². The van der Waals surface area contributed by atoms with E-state index in [1.54, 1.807) is 0 Å². The summed E-state index contributed by atoms with van der Waals surface area (Å²) in [7, 11) is 0. The van der Waals surface area contributed by atoms with Crippen LogP contribution in [0.3, 0.4) is 0 Å². The summed E-state index contributed by atoms with van der Waals surface area (Å²) in [5, 5.41) is 0. The second kappa shape index (κ2) is 6.54. The maximum atomic E-state index is 5.47. The Bertz CT molecular complexity index is 162. The van der Waals surface area contributed by atoms with Crippen molar-refractivity contribution in [2.45, 2.75) is 19.4 Å². The van der Waals surface area contributed by atoms with Crippen LogP contribution in [0.25, 0.3) is 0 Å². The zero-order valence-electron chi connectivity index (χ0n) is 7.86. The normalized spacial score (nSPS) is 20.4. The van der Waals surface area contributed by atoms with Crippen LogP contribution in [0.1, 0.15) is 13.3 Å². The summed E-state index contributed by atoms with van der Waals surface area (Å²) in [6, 6.07) is 0.464. The summed E-state index contributed by atoms with van der Waals surface area (Å²) in [4.78, 5) is 2.97. The van der Waals surface area contributed by atoms with Crippen LogP contribution in [0.5, 0.6) is 0 Å². The lowest BCUT2D eigenvalue weighted by Crippen LogP contribution is -2.43. The van der Waals surface area contributed by atoms with Crippen LogP contribution in [0.4, 0.5) is 0 Å². The van der Waals surface area contributed by atoms with Gasteiger partial charge in [-0.25, -0.2) is 0 Å². The Labute approximate surface area is 91.0 Å². The predicted octanol–water partition coefficient (Wildman–Crippen LogP) is 0.805. The van der Waals surface area contributed by atoms with Crippen molar-refractivity contribution in [3.05, 3.63) is 0 Å². The van der Waals surface area contributed by atoms with E-state index in [2.05, 4.69) is 11.8 Å². The van der Waals surface area contributed by atoms with Crippen LogP contribution in [-0.2, 0) is 4.74 Å². The first-order chi connectivity index (χ1) is 5.70. The van der Waals surface area contributed by atoms with E-state index in [1.807, 2.05) is 0 Å². The molecule has 1 aliphatic rings. The molecule has 1 atom stereocenters. The van der Waals surface area contributed by atoms with Crippen LogP contribution in [0.15, 0.2) is 0 Å². The Hall–Kier alpha value is 0.1000. The first-order valence-corrected chi connectivity index (χ1v) is 4.71. The van der Waals surface area contributed by atoms with Gasteiger partial charge in [0.15, 0.2) is 0 Å². The summed E-state index contributed by atoms with van der Waals surface area (Å²) in [5.41, 5.74) is 5.47. The van der Waals surface area contributed by atoms with Gasteiger partial charge in [0.05, 0.1) is 18.2 Å². The molecule has 0 radical (unpaired) electrons. The third kappa shape index (κ3) is 4.76. The number of hydrogen-bond acceptors (Lipinski definition) is 3. The van der Waals surface area contributed by atoms with E-state index in [-0.39, 0.29) is 12.4 Å². The molecule has 1 rings (SSSR count). The highest BCUT2D eigenvalue weighted by molar-refractivity contribution is 7.80. The fraction of sp³-hybridized carbons (Fsp3) is 0.875. The molecule has 1 fully saturated rings. The fourth-order valence-corrected chi connectivity index (χ4v) is 1.68. The highest BCUT2D eigenvalue weighted by Gasteiger charge is 2.16. The third-order valence-corrected chi connectivity index (χ3v) is 2.33. The summed E-state index contributed by atoms with van der Waals surface area (Å²) in [6.07, 6.45) is 0.815. The van der Waals surface area contributed by atoms with Crippen LogP contribution in [0.2, 0.25) is 0 Å². The van der Waals surface area contributed by atoms with Crippen molar-refractivity contribution in [1.82, 2.24) is 4.90 Å². The molecule has 2 N–H and O–H groups in total. The maximum absolute atomic E-state index is 5.47. The Morgan fingerprint density at radius 2 is 2.08 bits per heavy atom. The summed E-state index contributed by atoms with van der Waals surface area (Å²) in [6.45, 7) is 5.83.